The topological polar surface area (TPSA) is 64.0 Å². The van der Waals surface area contributed by atoms with Gasteiger partial charge in [-0.3, -0.25) is 14.2 Å². The Bertz CT molecular complexity index is 1030. The van der Waals surface area contributed by atoms with Crippen LogP contribution in [-0.2, 0) is 29.9 Å². The van der Waals surface area contributed by atoms with Gasteiger partial charge in [0.05, 0.1) is 5.69 Å². The van der Waals surface area contributed by atoms with Gasteiger partial charge in [-0.1, -0.05) is 60.3 Å². The molecule has 0 aliphatic heterocycles. The number of rotatable bonds is 6. The van der Waals surface area contributed by atoms with Gasteiger partial charge in [0.2, 0.25) is 5.91 Å². The highest BCUT2D eigenvalue weighted by Crippen LogP contribution is 2.24. The summed E-state index contributed by atoms with van der Waals surface area (Å²) in [4.78, 5) is 30.3. The lowest BCUT2D eigenvalue weighted by Gasteiger charge is -2.14. The van der Waals surface area contributed by atoms with E-state index in [1.807, 2.05) is 60.7 Å². The molecule has 1 N–H and O–H groups in total. The molecule has 0 unspecified atom stereocenters. The number of aromatic nitrogens is 2. The first-order chi connectivity index (χ1) is 13.7. The number of fused-ring (bicyclic) bond motifs is 1. The monoisotopic (exact) mass is 391 g/mol. The Kier molecular flexibility index (Phi) is 5.58. The fraction of sp³-hybridized carbons (Fsp3) is 0.227. The molecule has 5 nitrogen and oxygen atoms in total. The molecule has 0 saturated heterocycles. The second-order valence-electron chi connectivity index (χ2n) is 6.75. The summed E-state index contributed by atoms with van der Waals surface area (Å²) in [6.45, 7) is -0.0366. The fourth-order valence-electron chi connectivity index (χ4n) is 3.34. The van der Waals surface area contributed by atoms with E-state index in [4.69, 9.17) is 4.98 Å². The molecule has 1 heterocycles. The second-order valence-corrected chi connectivity index (χ2v) is 7.70. The number of hydrogen-bond donors (Lipinski definition) is 1. The van der Waals surface area contributed by atoms with Crippen LogP contribution in [0.4, 0.5) is 5.69 Å². The number of para-hydroxylation sites is 1. The van der Waals surface area contributed by atoms with Crippen molar-refractivity contribution in [3.63, 3.8) is 0 Å². The van der Waals surface area contributed by atoms with Crippen molar-refractivity contribution in [1.29, 1.82) is 0 Å². The zero-order valence-corrected chi connectivity index (χ0v) is 16.2. The van der Waals surface area contributed by atoms with E-state index < -0.39 is 0 Å². The molecule has 142 valence electrons. The summed E-state index contributed by atoms with van der Waals surface area (Å²) in [6, 6.07) is 19.3. The van der Waals surface area contributed by atoms with Crippen molar-refractivity contribution in [1.82, 2.24) is 9.55 Å². The minimum atomic E-state index is -0.227. The predicted octanol–water partition coefficient (Wildman–Crippen LogP) is 3.66. The van der Waals surface area contributed by atoms with Crippen LogP contribution in [-0.4, -0.2) is 15.5 Å². The number of nitrogens with zero attached hydrogens (tertiary/aromatic N) is 2. The van der Waals surface area contributed by atoms with Crippen molar-refractivity contribution in [2.24, 2.45) is 0 Å². The first kappa shape index (κ1) is 18.5. The Morgan fingerprint density at radius 3 is 2.50 bits per heavy atom. The van der Waals surface area contributed by atoms with Crippen LogP contribution in [0.3, 0.4) is 0 Å². The van der Waals surface area contributed by atoms with Crippen LogP contribution < -0.4 is 10.9 Å². The molecular formula is C22H21N3O2S. The number of thioether (sulfide) groups is 1. The molecule has 1 aliphatic rings. The molecule has 0 saturated carbocycles. The molecule has 0 spiro atoms. The number of carbonyl (C=O) groups excluding carboxylic acids is 1. The standard InChI is InChI=1S/C22H21N3O2S/c26-20(23-17-10-5-2-6-11-17)14-25-21(27)18-12-7-13-19(18)24-22(25)28-15-16-8-3-1-4-9-16/h1-6,8-11H,7,12-15H2,(H,23,26). The number of benzene rings is 2. The van der Waals surface area contributed by atoms with Crippen molar-refractivity contribution in [3.8, 4) is 0 Å². The van der Waals surface area contributed by atoms with Gasteiger partial charge in [0, 0.05) is 17.0 Å². The van der Waals surface area contributed by atoms with E-state index >= 15 is 0 Å². The predicted molar refractivity (Wildman–Crippen MR) is 112 cm³/mol. The summed E-state index contributed by atoms with van der Waals surface area (Å²) in [5, 5.41) is 3.46. The SMILES string of the molecule is O=C(Cn1c(SCc2ccccc2)nc2c(c1=O)CCC2)Nc1ccccc1. The van der Waals surface area contributed by atoms with Gasteiger partial charge in [-0.15, -0.1) is 0 Å². The van der Waals surface area contributed by atoms with Gasteiger partial charge < -0.3 is 5.32 Å². The summed E-state index contributed by atoms with van der Waals surface area (Å²) in [6.07, 6.45) is 2.52. The Labute approximate surface area is 167 Å². The van der Waals surface area contributed by atoms with Gasteiger partial charge in [-0.25, -0.2) is 4.98 Å². The smallest absolute Gasteiger partial charge is 0.258 e. The van der Waals surface area contributed by atoms with E-state index in [0.29, 0.717) is 16.6 Å². The van der Waals surface area contributed by atoms with Gasteiger partial charge in [0.15, 0.2) is 5.16 Å². The van der Waals surface area contributed by atoms with Crippen molar-refractivity contribution in [2.75, 3.05) is 5.32 Å². The van der Waals surface area contributed by atoms with Crippen LogP contribution in [0, 0.1) is 0 Å². The average molecular weight is 391 g/mol. The maximum absolute atomic E-state index is 13.0. The van der Waals surface area contributed by atoms with E-state index in [0.717, 1.165) is 36.1 Å². The van der Waals surface area contributed by atoms with Gasteiger partial charge in [-0.2, -0.15) is 0 Å². The summed E-state index contributed by atoms with van der Waals surface area (Å²) in [5.41, 5.74) is 3.44. The van der Waals surface area contributed by atoms with E-state index in [-0.39, 0.29) is 18.0 Å². The Morgan fingerprint density at radius 2 is 1.75 bits per heavy atom. The third-order valence-corrected chi connectivity index (χ3v) is 5.77. The Balaban J connectivity index is 1.59. The molecular weight excluding hydrogens is 370 g/mol. The first-order valence-electron chi connectivity index (χ1n) is 9.35. The average Bonchev–Trinajstić information content (AvgIpc) is 3.19. The summed E-state index contributed by atoms with van der Waals surface area (Å²) in [7, 11) is 0. The number of aryl methyl sites for hydroxylation is 1. The number of hydrogen-bond acceptors (Lipinski definition) is 4. The number of nitrogens with one attached hydrogen (secondary N) is 1. The molecule has 0 fully saturated rings. The van der Waals surface area contributed by atoms with Crippen LogP contribution in [0.1, 0.15) is 23.2 Å². The third kappa shape index (κ3) is 4.17. The Morgan fingerprint density at radius 1 is 1.04 bits per heavy atom. The van der Waals surface area contributed by atoms with E-state index in [2.05, 4.69) is 5.32 Å². The highest BCUT2D eigenvalue weighted by molar-refractivity contribution is 7.98. The molecule has 6 heteroatoms. The van der Waals surface area contributed by atoms with Crippen molar-refractivity contribution in [2.45, 2.75) is 36.7 Å². The maximum Gasteiger partial charge on any atom is 0.258 e. The molecule has 1 amide bonds. The van der Waals surface area contributed by atoms with Gasteiger partial charge in [0.1, 0.15) is 6.54 Å². The summed E-state index contributed by atoms with van der Waals surface area (Å²) >= 11 is 1.50. The molecule has 1 aromatic heterocycles. The van der Waals surface area contributed by atoms with E-state index in [1.54, 1.807) is 0 Å². The molecule has 28 heavy (non-hydrogen) atoms. The minimum Gasteiger partial charge on any atom is -0.325 e. The summed E-state index contributed by atoms with van der Waals surface area (Å²) in [5.74, 6) is 0.474. The number of carbonyl (C=O) groups is 1. The lowest BCUT2D eigenvalue weighted by molar-refractivity contribution is -0.116. The first-order valence-corrected chi connectivity index (χ1v) is 10.3. The summed E-state index contributed by atoms with van der Waals surface area (Å²) < 4.78 is 1.52. The zero-order valence-electron chi connectivity index (χ0n) is 15.4. The molecule has 3 aromatic rings. The van der Waals surface area contributed by atoms with Gasteiger partial charge in [-0.05, 0) is 37.0 Å². The van der Waals surface area contributed by atoms with Crippen LogP contribution in [0.5, 0.6) is 0 Å². The largest absolute Gasteiger partial charge is 0.325 e. The van der Waals surface area contributed by atoms with Crippen LogP contribution in [0.2, 0.25) is 0 Å². The van der Waals surface area contributed by atoms with Crippen LogP contribution in [0.15, 0.2) is 70.6 Å². The normalized spacial score (nSPS) is 12.6. The maximum atomic E-state index is 13.0. The third-order valence-electron chi connectivity index (χ3n) is 4.72. The lowest BCUT2D eigenvalue weighted by Crippen LogP contribution is -2.32. The molecule has 0 radical (unpaired) electrons. The fourth-order valence-corrected chi connectivity index (χ4v) is 4.31. The minimum absolute atomic E-state index is 0.0366. The molecule has 0 atom stereocenters. The van der Waals surface area contributed by atoms with Crippen LogP contribution >= 0.6 is 11.8 Å². The van der Waals surface area contributed by atoms with Gasteiger partial charge >= 0.3 is 0 Å². The number of amides is 1. The highest BCUT2D eigenvalue weighted by atomic mass is 32.2. The molecule has 4 rings (SSSR count). The van der Waals surface area contributed by atoms with Crippen molar-refractivity contribution < 1.29 is 4.79 Å². The van der Waals surface area contributed by atoms with E-state index in [9.17, 15) is 9.59 Å². The molecule has 0 bridgehead atoms. The van der Waals surface area contributed by atoms with Crippen molar-refractivity contribution in [3.05, 3.63) is 87.8 Å². The van der Waals surface area contributed by atoms with Crippen LogP contribution in [0.25, 0.3) is 0 Å². The quantitative estimate of drug-likeness (QED) is 0.514. The Hall–Kier alpha value is -2.86. The number of anilines is 1. The van der Waals surface area contributed by atoms with Gasteiger partial charge in [0.25, 0.3) is 5.56 Å². The van der Waals surface area contributed by atoms with E-state index in [1.165, 1.54) is 16.3 Å². The van der Waals surface area contributed by atoms with Crippen molar-refractivity contribution >= 4 is 23.4 Å². The molecule has 1 aliphatic carbocycles. The lowest BCUT2D eigenvalue weighted by atomic mass is 10.2. The highest BCUT2D eigenvalue weighted by Gasteiger charge is 2.22. The molecule has 2 aromatic carbocycles. The second kappa shape index (κ2) is 8.44. The zero-order chi connectivity index (χ0) is 19.3.